The molecule has 0 aliphatic carbocycles. The largest absolute Gasteiger partial charge is 0.478 e. The first kappa shape index (κ1) is 13.5. The van der Waals surface area contributed by atoms with E-state index in [2.05, 4.69) is 9.97 Å². The van der Waals surface area contributed by atoms with E-state index in [0.29, 0.717) is 21.4 Å². The first-order valence-corrected chi connectivity index (χ1v) is 6.00. The van der Waals surface area contributed by atoms with Crippen molar-refractivity contribution < 1.29 is 9.90 Å². The number of hydrogen-bond donors (Lipinski definition) is 1. The molecule has 2 rings (SSSR count). The summed E-state index contributed by atoms with van der Waals surface area (Å²) in [7, 11) is 0. The molecular formula is C13H8Cl2N2O2. The van der Waals surface area contributed by atoms with Crippen molar-refractivity contribution in [2.24, 2.45) is 0 Å². The van der Waals surface area contributed by atoms with E-state index in [1.165, 1.54) is 18.5 Å². The Balaban J connectivity index is 2.27. The number of aromatic nitrogens is 2. The lowest BCUT2D eigenvalue weighted by Gasteiger charge is -2.02. The van der Waals surface area contributed by atoms with Crippen molar-refractivity contribution in [3.8, 4) is 11.4 Å². The third-order valence-corrected chi connectivity index (χ3v) is 3.01. The summed E-state index contributed by atoms with van der Waals surface area (Å²) in [4.78, 5) is 18.7. The predicted molar refractivity (Wildman–Crippen MR) is 74.2 cm³/mol. The van der Waals surface area contributed by atoms with Crippen molar-refractivity contribution >= 4 is 35.2 Å². The summed E-state index contributed by atoms with van der Waals surface area (Å²) in [6.45, 7) is 0. The highest BCUT2D eigenvalue weighted by Crippen LogP contribution is 2.26. The molecule has 96 valence electrons. The van der Waals surface area contributed by atoms with E-state index in [1.807, 2.05) is 0 Å². The molecule has 6 heteroatoms. The average molecular weight is 295 g/mol. The molecule has 0 saturated carbocycles. The summed E-state index contributed by atoms with van der Waals surface area (Å²) in [5.74, 6) is -0.528. The Bertz CT molecular complexity index is 640. The molecule has 1 N–H and O–H groups in total. The van der Waals surface area contributed by atoms with Crippen molar-refractivity contribution in [1.29, 1.82) is 0 Å². The fourth-order valence-electron chi connectivity index (χ4n) is 1.38. The highest BCUT2D eigenvalue weighted by molar-refractivity contribution is 6.42. The van der Waals surface area contributed by atoms with E-state index in [0.717, 1.165) is 11.6 Å². The molecule has 0 bridgehead atoms. The maximum absolute atomic E-state index is 10.4. The van der Waals surface area contributed by atoms with Gasteiger partial charge in [0.05, 0.1) is 10.0 Å². The highest BCUT2D eigenvalue weighted by Gasteiger charge is 2.04. The predicted octanol–water partition coefficient (Wildman–Crippen LogP) is 3.55. The number of hydrogen-bond acceptors (Lipinski definition) is 3. The molecule has 0 spiro atoms. The Hall–Kier alpha value is -1.91. The van der Waals surface area contributed by atoms with Gasteiger partial charge in [-0.05, 0) is 24.3 Å². The summed E-state index contributed by atoms with van der Waals surface area (Å²) in [6, 6.07) is 5.10. The van der Waals surface area contributed by atoms with Gasteiger partial charge in [-0.15, -0.1) is 0 Å². The molecule has 0 fully saturated rings. The number of carboxylic acid groups (broad SMARTS) is 1. The van der Waals surface area contributed by atoms with Crippen molar-refractivity contribution in [3.63, 3.8) is 0 Å². The fourth-order valence-corrected chi connectivity index (χ4v) is 1.67. The molecular weight excluding hydrogens is 287 g/mol. The van der Waals surface area contributed by atoms with Gasteiger partial charge in [0, 0.05) is 29.6 Å². The van der Waals surface area contributed by atoms with E-state index in [9.17, 15) is 4.79 Å². The van der Waals surface area contributed by atoms with Gasteiger partial charge in [0.2, 0.25) is 0 Å². The van der Waals surface area contributed by atoms with Gasteiger partial charge >= 0.3 is 5.97 Å². The first-order chi connectivity index (χ1) is 9.06. The van der Waals surface area contributed by atoms with Crippen molar-refractivity contribution in [2.45, 2.75) is 0 Å². The SMILES string of the molecule is O=C(O)/C=C/c1cnc(-c2ccc(Cl)c(Cl)c2)nc1. The van der Waals surface area contributed by atoms with E-state index in [1.54, 1.807) is 18.2 Å². The second kappa shape index (κ2) is 5.82. The second-order valence-electron chi connectivity index (χ2n) is 3.64. The van der Waals surface area contributed by atoms with Crippen LogP contribution in [0, 0.1) is 0 Å². The minimum atomic E-state index is -1.02. The van der Waals surface area contributed by atoms with Crippen LogP contribution >= 0.6 is 23.2 Å². The maximum Gasteiger partial charge on any atom is 0.328 e. The highest BCUT2D eigenvalue weighted by atomic mass is 35.5. The molecule has 4 nitrogen and oxygen atoms in total. The first-order valence-electron chi connectivity index (χ1n) is 5.25. The second-order valence-corrected chi connectivity index (χ2v) is 4.45. The third-order valence-electron chi connectivity index (χ3n) is 2.27. The van der Waals surface area contributed by atoms with Crippen LogP contribution in [-0.2, 0) is 4.79 Å². The van der Waals surface area contributed by atoms with Crippen molar-refractivity contribution in [3.05, 3.63) is 52.3 Å². The summed E-state index contributed by atoms with van der Waals surface area (Å²) in [5.41, 5.74) is 1.34. The number of aliphatic carboxylic acids is 1. The van der Waals surface area contributed by atoms with Gasteiger partial charge in [-0.3, -0.25) is 0 Å². The topological polar surface area (TPSA) is 63.1 Å². The van der Waals surface area contributed by atoms with Crippen LogP contribution in [0.15, 0.2) is 36.7 Å². The lowest BCUT2D eigenvalue weighted by Crippen LogP contribution is -1.90. The summed E-state index contributed by atoms with van der Waals surface area (Å²) >= 11 is 11.7. The lowest BCUT2D eigenvalue weighted by atomic mass is 10.2. The molecule has 0 atom stereocenters. The number of carboxylic acids is 1. The zero-order chi connectivity index (χ0) is 13.8. The number of rotatable bonds is 3. The molecule has 2 aromatic rings. The quantitative estimate of drug-likeness (QED) is 0.880. The number of nitrogens with zero attached hydrogens (tertiary/aromatic N) is 2. The number of carbonyl (C=O) groups is 1. The van der Waals surface area contributed by atoms with Gasteiger partial charge in [-0.1, -0.05) is 23.2 Å². The monoisotopic (exact) mass is 294 g/mol. The van der Waals surface area contributed by atoms with Crippen LogP contribution in [0.1, 0.15) is 5.56 Å². The normalized spacial score (nSPS) is 10.8. The molecule has 0 amide bonds. The van der Waals surface area contributed by atoms with Crippen LogP contribution < -0.4 is 0 Å². The minimum absolute atomic E-state index is 0.428. The van der Waals surface area contributed by atoms with Crippen molar-refractivity contribution in [2.75, 3.05) is 0 Å². The van der Waals surface area contributed by atoms with Crippen molar-refractivity contribution in [1.82, 2.24) is 9.97 Å². The molecule has 0 saturated heterocycles. The minimum Gasteiger partial charge on any atom is -0.478 e. The number of halogens is 2. The molecule has 1 aromatic heterocycles. The van der Waals surface area contributed by atoms with Gasteiger partial charge in [-0.25, -0.2) is 14.8 Å². The molecule has 0 radical (unpaired) electrons. The van der Waals surface area contributed by atoms with Gasteiger partial charge in [0.15, 0.2) is 5.82 Å². The van der Waals surface area contributed by atoms with Gasteiger partial charge in [0.1, 0.15) is 0 Å². The molecule has 1 heterocycles. The summed E-state index contributed by atoms with van der Waals surface area (Å²) in [5, 5.41) is 9.40. The Morgan fingerprint density at radius 1 is 1.16 bits per heavy atom. The Labute approximate surface area is 119 Å². The van der Waals surface area contributed by atoms with E-state index in [4.69, 9.17) is 28.3 Å². The molecule has 1 aromatic carbocycles. The smallest absolute Gasteiger partial charge is 0.328 e. The number of benzene rings is 1. The van der Waals surface area contributed by atoms with Crippen LogP contribution in [0.4, 0.5) is 0 Å². The van der Waals surface area contributed by atoms with Gasteiger partial charge in [0.25, 0.3) is 0 Å². The maximum atomic E-state index is 10.4. The van der Waals surface area contributed by atoms with Crippen LogP contribution in [0.25, 0.3) is 17.5 Å². The Morgan fingerprint density at radius 2 is 1.84 bits per heavy atom. The average Bonchev–Trinajstić information content (AvgIpc) is 2.40. The van der Waals surface area contributed by atoms with E-state index >= 15 is 0 Å². The van der Waals surface area contributed by atoms with Gasteiger partial charge < -0.3 is 5.11 Å². The van der Waals surface area contributed by atoms with Crippen LogP contribution in [0.5, 0.6) is 0 Å². The van der Waals surface area contributed by atoms with Crippen LogP contribution in [0.3, 0.4) is 0 Å². The molecule has 0 aliphatic rings. The third kappa shape index (κ3) is 3.53. The van der Waals surface area contributed by atoms with Crippen LogP contribution in [0.2, 0.25) is 10.0 Å². The Kier molecular flexibility index (Phi) is 4.14. The summed E-state index contributed by atoms with van der Waals surface area (Å²) < 4.78 is 0. The van der Waals surface area contributed by atoms with Crippen LogP contribution in [-0.4, -0.2) is 21.0 Å². The zero-order valence-electron chi connectivity index (χ0n) is 9.55. The lowest BCUT2D eigenvalue weighted by molar-refractivity contribution is -0.131. The van der Waals surface area contributed by atoms with Gasteiger partial charge in [-0.2, -0.15) is 0 Å². The van der Waals surface area contributed by atoms with E-state index in [-0.39, 0.29) is 0 Å². The molecule has 0 aliphatic heterocycles. The molecule has 19 heavy (non-hydrogen) atoms. The molecule has 0 unspecified atom stereocenters. The standard InChI is InChI=1S/C13H8Cl2N2O2/c14-10-3-2-9(5-11(10)15)13-16-6-8(7-17-13)1-4-12(18)19/h1-7H,(H,18,19)/b4-1+. The zero-order valence-corrected chi connectivity index (χ0v) is 11.1. The Morgan fingerprint density at radius 3 is 2.42 bits per heavy atom. The fraction of sp³-hybridized carbons (Fsp3) is 0. The summed E-state index contributed by atoms with van der Waals surface area (Å²) in [6.07, 6.45) is 5.51. The van der Waals surface area contributed by atoms with E-state index < -0.39 is 5.97 Å².